The van der Waals surface area contributed by atoms with Crippen LogP contribution in [-0.4, -0.2) is 16.8 Å². The molecule has 0 saturated heterocycles. The molecule has 2 aromatic carbocycles. The molecule has 7 heteroatoms. The van der Waals surface area contributed by atoms with E-state index in [4.69, 9.17) is 17.3 Å². The van der Waals surface area contributed by atoms with Gasteiger partial charge in [-0.15, -0.1) is 11.3 Å². The maximum Gasteiger partial charge on any atom is 0.275 e. The molecule has 0 saturated carbocycles. The molecular formula is C17H12ClN3O2S. The molecule has 3 N–H and O–H groups in total. The first-order chi connectivity index (χ1) is 11.5. The first-order valence-electron chi connectivity index (χ1n) is 6.96. The van der Waals surface area contributed by atoms with E-state index in [1.54, 1.807) is 41.8 Å². The predicted molar refractivity (Wildman–Crippen MR) is 95.5 cm³/mol. The molecule has 3 aromatic rings. The molecule has 1 heterocycles. The van der Waals surface area contributed by atoms with E-state index >= 15 is 0 Å². The normalized spacial score (nSPS) is 10.4. The molecule has 1 aromatic heterocycles. The van der Waals surface area contributed by atoms with Gasteiger partial charge in [0.2, 0.25) is 0 Å². The van der Waals surface area contributed by atoms with Crippen molar-refractivity contribution in [3.63, 3.8) is 0 Å². The van der Waals surface area contributed by atoms with Crippen LogP contribution in [0.2, 0.25) is 5.02 Å². The number of anilines is 1. The molecule has 0 unspecified atom stereocenters. The van der Waals surface area contributed by atoms with Crippen molar-refractivity contribution in [2.75, 3.05) is 5.32 Å². The molecule has 0 aliphatic rings. The zero-order valence-corrected chi connectivity index (χ0v) is 13.9. The van der Waals surface area contributed by atoms with Crippen LogP contribution in [0.3, 0.4) is 0 Å². The minimum absolute atomic E-state index is 0.246. The van der Waals surface area contributed by atoms with Gasteiger partial charge in [0, 0.05) is 16.0 Å². The number of nitrogens with zero attached hydrogens (tertiary/aromatic N) is 1. The van der Waals surface area contributed by atoms with E-state index < -0.39 is 11.8 Å². The Kier molecular flexibility index (Phi) is 4.59. The Morgan fingerprint density at radius 1 is 1.12 bits per heavy atom. The third-order valence-corrected chi connectivity index (χ3v) is 4.38. The summed E-state index contributed by atoms with van der Waals surface area (Å²) in [7, 11) is 0. The first kappa shape index (κ1) is 16.2. The zero-order valence-electron chi connectivity index (χ0n) is 12.3. The summed E-state index contributed by atoms with van der Waals surface area (Å²) in [6.07, 6.45) is 0. The Labute approximate surface area is 147 Å². The molecule has 3 rings (SSSR count). The number of benzene rings is 2. The molecule has 0 atom stereocenters. The summed E-state index contributed by atoms with van der Waals surface area (Å²) in [5.74, 6) is -1.02. The van der Waals surface area contributed by atoms with Gasteiger partial charge in [-0.3, -0.25) is 9.59 Å². The summed E-state index contributed by atoms with van der Waals surface area (Å²) in [6, 6.07) is 13.8. The highest BCUT2D eigenvalue weighted by Gasteiger charge is 2.15. The van der Waals surface area contributed by atoms with Gasteiger partial charge >= 0.3 is 0 Å². The number of hydrogen-bond acceptors (Lipinski definition) is 4. The third kappa shape index (κ3) is 3.45. The molecule has 0 fully saturated rings. The monoisotopic (exact) mass is 357 g/mol. The number of halogens is 1. The number of carbonyl (C=O) groups excluding carboxylic acids is 2. The topological polar surface area (TPSA) is 85.1 Å². The van der Waals surface area contributed by atoms with Crippen LogP contribution in [0.15, 0.2) is 53.9 Å². The number of nitrogens with two attached hydrogens (primary N) is 1. The molecule has 0 aliphatic heterocycles. The number of aromatic nitrogens is 1. The lowest BCUT2D eigenvalue weighted by Crippen LogP contribution is -2.18. The Hall–Kier alpha value is -2.70. The molecule has 0 spiro atoms. The Balaban J connectivity index is 1.83. The lowest BCUT2D eigenvalue weighted by molar-refractivity contribution is 0.100. The predicted octanol–water partition coefficient (Wildman–Crippen LogP) is 3.81. The standard InChI is InChI=1S/C17H12ClN3O2S/c18-11-5-3-4-10(8-11)17-21-14(9-24-17)16(23)20-13-7-2-1-6-12(13)15(19)22/h1-9H,(H2,19,22)(H,20,23). The molecule has 0 aliphatic carbocycles. The average Bonchev–Trinajstić information content (AvgIpc) is 3.05. The van der Waals surface area contributed by atoms with Gasteiger partial charge in [-0.25, -0.2) is 4.98 Å². The molecule has 0 bridgehead atoms. The van der Waals surface area contributed by atoms with E-state index in [0.29, 0.717) is 15.7 Å². The highest BCUT2D eigenvalue weighted by molar-refractivity contribution is 7.13. The molecule has 120 valence electrons. The Morgan fingerprint density at radius 2 is 1.92 bits per heavy atom. The highest BCUT2D eigenvalue weighted by Crippen LogP contribution is 2.26. The maximum atomic E-state index is 12.4. The zero-order chi connectivity index (χ0) is 17.1. The number of rotatable bonds is 4. The van der Waals surface area contributed by atoms with E-state index in [-0.39, 0.29) is 11.3 Å². The second-order valence-electron chi connectivity index (χ2n) is 4.91. The summed E-state index contributed by atoms with van der Waals surface area (Å²) in [5, 5.41) is 5.60. The molecular weight excluding hydrogens is 346 g/mol. The minimum atomic E-state index is -0.608. The number of amides is 2. The van der Waals surface area contributed by atoms with Gasteiger partial charge in [-0.05, 0) is 24.3 Å². The number of primary amides is 1. The molecule has 24 heavy (non-hydrogen) atoms. The quantitative estimate of drug-likeness (QED) is 0.744. The number of carbonyl (C=O) groups is 2. The van der Waals surface area contributed by atoms with Crippen LogP contribution in [0, 0.1) is 0 Å². The second-order valence-corrected chi connectivity index (χ2v) is 6.21. The molecule has 5 nitrogen and oxygen atoms in total. The smallest absolute Gasteiger partial charge is 0.275 e. The van der Waals surface area contributed by atoms with Crippen molar-refractivity contribution >= 4 is 40.4 Å². The van der Waals surface area contributed by atoms with Crippen molar-refractivity contribution < 1.29 is 9.59 Å². The van der Waals surface area contributed by atoms with Gasteiger partial charge in [-0.2, -0.15) is 0 Å². The van der Waals surface area contributed by atoms with Gasteiger partial charge in [0.05, 0.1) is 11.3 Å². The minimum Gasteiger partial charge on any atom is -0.366 e. The van der Waals surface area contributed by atoms with E-state index in [2.05, 4.69) is 10.3 Å². The van der Waals surface area contributed by atoms with Crippen molar-refractivity contribution in [2.24, 2.45) is 5.73 Å². The third-order valence-electron chi connectivity index (χ3n) is 3.25. The van der Waals surface area contributed by atoms with Crippen LogP contribution in [0.5, 0.6) is 0 Å². The average molecular weight is 358 g/mol. The number of thiazole rings is 1. The fourth-order valence-corrected chi connectivity index (χ4v) is 3.11. The van der Waals surface area contributed by atoms with Crippen LogP contribution in [-0.2, 0) is 0 Å². The summed E-state index contributed by atoms with van der Waals surface area (Å²) in [6.45, 7) is 0. The highest BCUT2D eigenvalue weighted by atomic mass is 35.5. The SMILES string of the molecule is NC(=O)c1ccccc1NC(=O)c1csc(-c2cccc(Cl)c2)n1. The van der Waals surface area contributed by atoms with Crippen LogP contribution in [0.25, 0.3) is 10.6 Å². The number of hydrogen-bond donors (Lipinski definition) is 2. The summed E-state index contributed by atoms with van der Waals surface area (Å²) < 4.78 is 0. The fraction of sp³-hybridized carbons (Fsp3) is 0. The van der Waals surface area contributed by atoms with Gasteiger partial charge < -0.3 is 11.1 Å². The van der Waals surface area contributed by atoms with Crippen molar-refractivity contribution in [3.05, 3.63) is 70.2 Å². The lowest BCUT2D eigenvalue weighted by atomic mass is 10.1. The van der Waals surface area contributed by atoms with Crippen LogP contribution in [0.4, 0.5) is 5.69 Å². The number of nitrogens with one attached hydrogen (secondary N) is 1. The van der Waals surface area contributed by atoms with Crippen LogP contribution < -0.4 is 11.1 Å². The largest absolute Gasteiger partial charge is 0.366 e. The van der Waals surface area contributed by atoms with E-state index in [1.807, 2.05) is 12.1 Å². The summed E-state index contributed by atoms with van der Waals surface area (Å²) in [5.41, 5.74) is 7.00. The fourth-order valence-electron chi connectivity index (χ4n) is 2.13. The van der Waals surface area contributed by atoms with E-state index in [1.165, 1.54) is 11.3 Å². The van der Waals surface area contributed by atoms with Crippen LogP contribution >= 0.6 is 22.9 Å². The Bertz CT molecular complexity index is 923. The van der Waals surface area contributed by atoms with Gasteiger partial charge in [0.15, 0.2) is 0 Å². The lowest BCUT2D eigenvalue weighted by Gasteiger charge is -2.07. The first-order valence-corrected chi connectivity index (χ1v) is 8.22. The molecule has 2 amide bonds. The Morgan fingerprint density at radius 3 is 2.67 bits per heavy atom. The summed E-state index contributed by atoms with van der Waals surface area (Å²) in [4.78, 5) is 28.1. The number of para-hydroxylation sites is 1. The van der Waals surface area contributed by atoms with Crippen molar-refractivity contribution in [1.29, 1.82) is 0 Å². The van der Waals surface area contributed by atoms with Crippen LogP contribution in [0.1, 0.15) is 20.8 Å². The maximum absolute atomic E-state index is 12.4. The van der Waals surface area contributed by atoms with Crippen molar-refractivity contribution in [2.45, 2.75) is 0 Å². The second kappa shape index (κ2) is 6.82. The molecule has 0 radical (unpaired) electrons. The van der Waals surface area contributed by atoms with Gasteiger partial charge in [-0.1, -0.05) is 35.9 Å². The van der Waals surface area contributed by atoms with Crippen molar-refractivity contribution in [3.8, 4) is 10.6 Å². The van der Waals surface area contributed by atoms with E-state index in [9.17, 15) is 9.59 Å². The van der Waals surface area contributed by atoms with Gasteiger partial charge in [0.25, 0.3) is 11.8 Å². The van der Waals surface area contributed by atoms with Crippen molar-refractivity contribution in [1.82, 2.24) is 4.98 Å². The van der Waals surface area contributed by atoms with Gasteiger partial charge in [0.1, 0.15) is 10.7 Å². The summed E-state index contributed by atoms with van der Waals surface area (Å²) >= 11 is 7.31. The van der Waals surface area contributed by atoms with E-state index in [0.717, 1.165) is 5.56 Å².